The van der Waals surface area contributed by atoms with E-state index in [0.717, 1.165) is 36.1 Å². The van der Waals surface area contributed by atoms with E-state index in [1.165, 1.54) is 45.4 Å². The highest BCUT2D eigenvalue weighted by atomic mass is 32.1. The van der Waals surface area contributed by atoms with Crippen LogP contribution in [0.3, 0.4) is 0 Å². The molecule has 1 heterocycles. The zero-order chi connectivity index (χ0) is 29.1. The monoisotopic (exact) mass is 544 g/mol. The average molecular weight is 544 g/mol. The van der Waals surface area contributed by atoms with Gasteiger partial charge in [0.05, 0.1) is 27.2 Å². The average Bonchev–Trinajstić information content (AvgIpc) is 3.32. The summed E-state index contributed by atoms with van der Waals surface area (Å²) in [7, 11) is 4.72. The van der Waals surface area contributed by atoms with Crippen molar-refractivity contribution in [2.24, 2.45) is 34.0 Å². The largest absolute Gasteiger partial charge is 0.326 e. The van der Waals surface area contributed by atoms with Crippen LogP contribution in [0.25, 0.3) is 0 Å². The highest BCUT2D eigenvalue weighted by Gasteiger charge is 2.58. The van der Waals surface area contributed by atoms with Gasteiger partial charge in [-0.3, -0.25) is 4.90 Å². The van der Waals surface area contributed by atoms with Gasteiger partial charge >= 0.3 is 0 Å². The van der Waals surface area contributed by atoms with Crippen molar-refractivity contribution in [2.45, 2.75) is 132 Å². The van der Waals surface area contributed by atoms with Crippen LogP contribution in [0.1, 0.15) is 121 Å². The second kappa shape index (κ2) is 12.8. The second-order valence-electron chi connectivity index (χ2n) is 16.0. The lowest BCUT2D eigenvalue weighted by Crippen LogP contribution is -2.60. The summed E-state index contributed by atoms with van der Waals surface area (Å²) < 4.78 is 17.6. The summed E-state index contributed by atoms with van der Waals surface area (Å²) in [6.07, 6.45) is 9.15. The van der Waals surface area contributed by atoms with Crippen molar-refractivity contribution in [1.29, 1.82) is 0 Å². The second-order valence-corrected chi connectivity index (χ2v) is 16.0. The molecule has 0 aromatic heterocycles. The van der Waals surface area contributed by atoms with Crippen LogP contribution in [-0.4, -0.2) is 67.1 Å². The molecule has 2 atom stereocenters. The van der Waals surface area contributed by atoms with Crippen molar-refractivity contribution >= 4 is 12.6 Å². The molecule has 0 amide bonds. The lowest BCUT2D eigenvalue weighted by atomic mass is 9.64. The third kappa shape index (κ3) is 8.59. The van der Waals surface area contributed by atoms with Crippen molar-refractivity contribution in [1.82, 2.24) is 4.90 Å². The van der Waals surface area contributed by atoms with E-state index in [0.29, 0.717) is 17.3 Å². The summed E-state index contributed by atoms with van der Waals surface area (Å²) in [6.45, 7) is 30.2. The summed E-state index contributed by atoms with van der Waals surface area (Å²) in [6, 6.07) is 0. The molecule has 1 saturated heterocycles. The molecular weight excluding hydrogens is 475 g/mol. The fourth-order valence-corrected chi connectivity index (χ4v) is 8.28. The molecule has 0 N–H and O–H groups in total. The maximum atomic E-state index is 16.5. The topological polar surface area (TPSA) is 3.24 Å². The Balaban J connectivity index is 0.00000163. The van der Waals surface area contributed by atoms with Gasteiger partial charge in [0.15, 0.2) is 0 Å². The molecule has 0 spiro atoms. The molecule has 4 heteroatoms. The Hall–Kier alpha value is 0.200. The summed E-state index contributed by atoms with van der Waals surface area (Å²) in [5.41, 5.74) is -0.446. The molecule has 3 rings (SSSR count). The highest BCUT2D eigenvalue weighted by Crippen LogP contribution is 2.62. The zero-order valence-corrected chi connectivity index (χ0v) is 28.6. The molecule has 0 radical (unpaired) electrons. The van der Waals surface area contributed by atoms with Crippen molar-refractivity contribution < 1.29 is 8.87 Å². The molecule has 222 valence electrons. The van der Waals surface area contributed by atoms with Gasteiger partial charge in [-0.1, -0.05) is 68.7 Å². The molecule has 2 aliphatic carbocycles. The van der Waals surface area contributed by atoms with Crippen LogP contribution >= 0.6 is 12.6 Å². The number of hydrogen-bond acceptors (Lipinski definition) is 2. The molecule has 2 nitrogen and oxygen atoms in total. The van der Waals surface area contributed by atoms with Gasteiger partial charge in [-0.05, 0) is 92.6 Å². The molecule has 3 aliphatic rings. The van der Waals surface area contributed by atoms with E-state index in [1.54, 1.807) is 6.26 Å². The van der Waals surface area contributed by atoms with Gasteiger partial charge in [0.1, 0.15) is 5.67 Å². The third-order valence-corrected chi connectivity index (χ3v) is 10.9. The van der Waals surface area contributed by atoms with Crippen LogP contribution in [0.4, 0.5) is 4.39 Å². The summed E-state index contributed by atoms with van der Waals surface area (Å²) in [5.74, 6) is 1.93. The number of alkyl halides is 1. The number of piperazine rings is 1. The van der Waals surface area contributed by atoms with Crippen LogP contribution in [-0.2, 0) is 0 Å². The third-order valence-electron chi connectivity index (χ3n) is 10.9. The molecule has 3 fully saturated rings. The minimum Gasteiger partial charge on any atom is -0.326 e. The first-order valence-corrected chi connectivity index (χ1v) is 16.4. The lowest BCUT2D eigenvalue weighted by Gasteiger charge is -2.49. The summed E-state index contributed by atoms with van der Waals surface area (Å²) >= 11 is 3.53. The molecular formula is C33H68FN2S+. The van der Waals surface area contributed by atoms with E-state index < -0.39 is 5.67 Å². The normalized spacial score (nSPS) is 30.6. The number of thiol groups is 1. The number of halogens is 1. The van der Waals surface area contributed by atoms with Gasteiger partial charge in [0.2, 0.25) is 0 Å². The molecule has 2 saturated carbocycles. The Bertz CT molecular complexity index is 672. The van der Waals surface area contributed by atoms with Crippen LogP contribution in [0, 0.1) is 34.0 Å². The Kier molecular flexibility index (Phi) is 12.2. The fraction of sp³-hybridized carbons (Fsp3) is 1.00. The van der Waals surface area contributed by atoms with E-state index in [1.807, 2.05) is 13.8 Å². The molecule has 0 bridgehead atoms. The first-order chi connectivity index (χ1) is 16.8. The molecule has 0 aromatic carbocycles. The molecule has 37 heavy (non-hydrogen) atoms. The first kappa shape index (κ1) is 35.2. The van der Waals surface area contributed by atoms with Crippen molar-refractivity contribution in [2.75, 3.05) is 46.5 Å². The Morgan fingerprint density at radius 3 is 1.68 bits per heavy atom. The minimum atomic E-state index is -0.984. The van der Waals surface area contributed by atoms with E-state index in [2.05, 4.69) is 93.9 Å². The summed E-state index contributed by atoms with van der Waals surface area (Å²) in [4.78, 5) is 2.75. The maximum Gasteiger partial charge on any atom is 0.116 e. The van der Waals surface area contributed by atoms with E-state index in [-0.39, 0.29) is 16.4 Å². The van der Waals surface area contributed by atoms with E-state index >= 15 is 4.39 Å². The number of fused-ring (bicyclic) bond motifs is 1. The van der Waals surface area contributed by atoms with Crippen LogP contribution in [0.2, 0.25) is 0 Å². The maximum absolute atomic E-state index is 16.5. The molecule has 2 unspecified atom stereocenters. The Morgan fingerprint density at radius 2 is 1.27 bits per heavy atom. The Labute approximate surface area is 238 Å². The predicted octanol–water partition coefficient (Wildman–Crippen LogP) is 9.14. The SMILES string of the molecule is CC.CCC(C)(C)CC(C)(C)C1(F)CC2CC(C(C)(C)CC(C)(C)N3CC[N+](C)(C)CC3)CC2C1.CS. The highest BCUT2D eigenvalue weighted by molar-refractivity contribution is 7.79. The van der Waals surface area contributed by atoms with E-state index in [4.69, 9.17) is 0 Å². The van der Waals surface area contributed by atoms with Crippen molar-refractivity contribution in [3.63, 3.8) is 0 Å². The number of nitrogens with zero attached hydrogens (tertiary/aromatic N) is 2. The number of rotatable bonds is 8. The van der Waals surface area contributed by atoms with Crippen molar-refractivity contribution in [3.05, 3.63) is 0 Å². The predicted molar refractivity (Wildman–Crippen MR) is 167 cm³/mol. The quantitative estimate of drug-likeness (QED) is 0.236. The number of likely N-dealkylation sites (N-methyl/N-ethyl adjacent to an activating group) is 1. The Morgan fingerprint density at radius 1 is 0.838 bits per heavy atom. The van der Waals surface area contributed by atoms with E-state index in [9.17, 15) is 0 Å². The van der Waals surface area contributed by atoms with Gasteiger partial charge in [-0.25, -0.2) is 4.39 Å². The van der Waals surface area contributed by atoms with Gasteiger partial charge < -0.3 is 4.48 Å². The standard InChI is InChI=1S/C30H58FN2.C2H6.CH4S/c1-12-26(2,3)21-28(6,7)30(31)19-23-17-25(18-24(23)20-30)27(4,5)22-29(8,9)32-13-15-33(10,11)16-14-32;2*1-2/h23-25H,12-22H2,1-11H3;1-2H3;2H,1H3/q+1;;. The van der Waals surface area contributed by atoms with Crippen LogP contribution in [0.5, 0.6) is 0 Å². The van der Waals surface area contributed by atoms with Gasteiger partial charge in [-0.2, -0.15) is 12.6 Å². The number of quaternary nitrogens is 1. The summed E-state index contributed by atoms with van der Waals surface area (Å²) in [5, 5.41) is 0. The first-order valence-electron chi connectivity index (χ1n) is 15.5. The van der Waals surface area contributed by atoms with Crippen molar-refractivity contribution in [3.8, 4) is 0 Å². The molecule has 0 aromatic rings. The lowest BCUT2D eigenvalue weighted by molar-refractivity contribution is -0.895. The van der Waals surface area contributed by atoms with Gasteiger partial charge in [0.25, 0.3) is 0 Å². The van der Waals surface area contributed by atoms with Gasteiger partial charge in [-0.15, -0.1) is 0 Å². The minimum absolute atomic E-state index is 0.221. The fourth-order valence-electron chi connectivity index (χ4n) is 8.28. The van der Waals surface area contributed by atoms with Gasteiger partial charge in [0, 0.05) is 18.6 Å². The zero-order valence-electron chi connectivity index (χ0n) is 27.7. The number of hydrogen-bond donors (Lipinski definition) is 1. The smallest absolute Gasteiger partial charge is 0.116 e. The molecule has 1 aliphatic heterocycles. The van der Waals surface area contributed by atoms with Crippen LogP contribution < -0.4 is 0 Å². The van der Waals surface area contributed by atoms with Crippen LogP contribution in [0.15, 0.2) is 0 Å².